The highest BCUT2D eigenvalue weighted by molar-refractivity contribution is 8.01. The van der Waals surface area contributed by atoms with Crippen molar-refractivity contribution in [3.63, 3.8) is 0 Å². The van der Waals surface area contributed by atoms with Crippen LogP contribution in [0.3, 0.4) is 0 Å². The van der Waals surface area contributed by atoms with Gasteiger partial charge in [-0.05, 0) is 42.3 Å². The summed E-state index contributed by atoms with van der Waals surface area (Å²) in [5.74, 6) is -0.244. The maximum absolute atomic E-state index is 13.1. The summed E-state index contributed by atoms with van der Waals surface area (Å²) in [7, 11) is 0. The van der Waals surface area contributed by atoms with E-state index in [0.717, 1.165) is 0 Å². The minimum absolute atomic E-state index is 0.0387. The lowest BCUT2D eigenvalue weighted by Crippen LogP contribution is -2.12. The van der Waals surface area contributed by atoms with Gasteiger partial charge in [-0.3, -0.25) is 4.79 Å². The third-order valence-electron chi connectivity index (χ3n) is 2.60. The molecule has 1 aromatic heterocycles. The maximum atomic E-state index is 13.1. The van der Waals surface area contributed by atoms with E-state index in [-0.39, 0.29) is 10.9 Å². The molecule has 0 aliphatic heterocycles. The Balaban J connectivity index is 2.08. The van der Waals surface area contributed by atoms with Crippen molar-refractivity contribution in [2.45, 2.75) is 19.1 Å². The van der Waals surface area contributed by atoms with Crippen molar-refractivity contribution in [2.75, 3.05) is 10.0 Å². The Morgan fingerprint density at radius 2 is 2.09 bits per heavy atom. The first kappa shape index (κ1) is 16.6. The van der Waals surface area contributed by atoms with E-state index in [1.165, 1.54) is 30.1 Å². The monoisotopic (exact) mass is 339 g/mol. The molecular weight excluding hydrogens is 325 g/mol. The molecule has 22 heavy (non-hydrogen) atoms. The largest absolute Gasteiger partial charge is 0.322 e. The minimum Gasteiger partial charge on any atom is -0.322 e. The summed E-state index contributed by atoms with van der Waals surface area (Å²) >= 11 is 7.20. The predicted molar refractivity (Wildman–Crippen MR) is 89.9 cm³/mol. The lowest BCUT2D eigenvalue weighted by atomic mass is 10.2. The molecule has 0 bridgehead atoms. The van der Waals surface area contributed by atoms with Gasteiger partial charge in [0.15, 0.2) is 0 Å². The molecule has 1 heterocycles. The van der Waals surface area contributed by atoms with Crippen LogP contribution in [0.1, 0.15) is 24.2 Å². The van der Waals surface area contributed by atoms with Gasteiger partial charge in [-0.2, -0.15) is 0 Å². The predicted octanol–water partition coefficient (Wildman–Crippen LogP) is 4.59. The first-order valence-corrected chi connectivity index (χ1v) is 7.85. The summed E-state index contributed by atoms with van der Waals surface area (Å²) in [6.07, 6.45) is 1.55. The van der Waals surface area contributed by atoms with E-state index in [1.807, 2.05) is 13.8 Å². The second kappa shape index (κ2) is 7.47. The average molecular weight is 340 g/mol. The molecule has 1 amide bonds. The van der Waals surface area contributed by atoms with Crippen LogP contribution in [-0.2, 0) is 0 Å². The summed E-state index contributed by atoms with van der Waals surface area (Å²) in [6, 6.07) is 7.27. The molecule has 0 saturated heterocycles. The summed E-state index contributed by atoms with van der Waals surface area (Å²) < 4.78 is 16.2. The van der Waals surface area contributed by atoms with Gasteiger partial charge in [0, 0.05) is 22.7 Å². The van der Waals surface area contributed by atoms with Gasteiger partial charge < -0.3 is 10.0 Å². The number of rotatable bonds is 5. The van der Waals surface area contributed by atoms with Gasteiger partial charge in [0.1, 0.15) is 11.6 Å². The molecule has 2 N–H and O–H groups in total. The fourth-order valence-electron chi connectivity index (χ4n) is 1.58. The van der Waals surface area contributed by atoms with Gasteiger partial charge in [-0.25, -0.2) is 9.37 Å². The van der Waals surface area contributed by atoms with Gasteiger partial charge in [-0.1, -0.05) is 25.4 Å². The molecule has 0 spiro atoms. The van der Waals surface area contributed by atoms with Crippen LogP contribution in [0.15, 0.2) is 36.5 Å². The summed E-state index contributed by atoms with van der Waals surface area (Å²) in [5.41, 5.74) is 0.876. The van der Waals surface area contributed by atoms with Crippen LogP contribution in [0.25, 0.3) is 0 Å². The third-order valence-corrected chi connectivity index (χ3v) is 3.69. The van der Waals surface area contributed by atoms with Crippen LogP contribution < -0.4 is 10.0 Å². The van der Waals surface area contributed by atoms with Crippen molar-refractivity contribution in [3.8, 4) is 0 Å². The highest BCUT2D eigenvalue weighted by atomic mass is 35.5. The molecule has 0 unspecified atom stereocenters. The molecule has 0 aliphatic carbocycles. The van der Waals surface area contributed by atoms with E-state index in [4.69, 9.17) is 11.6 Å². The van der Waals surface area contributed by atoms with Crippen LogP contribution in [0.2, 0.25) is 5.02 Å². The Morgan fingerprint density at radius 3 is 2.77 bits per heavy atom. The van der Waals surface area contributed by atoms with E-state index >= 15 is 0 Å². The molecule has 1 aromatic carbocycles. The zero-order chi connectivity index (χ0) is 16.1. The zero-order valence-corrected chi connectivity index (χ0v) is 13.6. The van der Waals surface area contributed by atoms with Gasteiger partial charge in [-0.15, -0.1) is 0 Å². The number of pyridine rings is 1. The number of carbonyl (C=O) groups is 1. The Bertz CT molecular complexity index is 682. The highest BCUT2D eigenvalue weighted by Crippen LogP contribution is 2.20. The van der Waals surface area contributed by atoms with E-state index in [2.05, 4.69) is 15.0 Å². The van der Waals surface area contributed by atoms with E-state index in [1.54, 1.807) is 18.3 Å². The van der Waals surface area contributed by atoms with Crippen molar-refractivity contribution in [2.24, 2.45) is 0 Å². The quantitative estimate of drug-likeness (QED) is 0.782. The van der Waals surface area contributed by atoms with Crippen LogP contribution in [0.5, 0.6) is 0 Å². The average Bonchev–Trinajstić information content (AvgIpc) is 2.49. The molecule has 116 valence electrons. The van der Waals surface area contributed by atoms with Crippen molar-refractivity contribution >= 4 is 41.0 Å². The molecule has 7 heteroatoms. The van der Waals surface area contributed by atoms with Crippen LogP contribution in [0, 0.1) is 5.82 Å². The lowest BCUT2D eigenvalue weighted by Gasteiger charge is -2.09. The first-order chi connectivity index (χ1) is 10.5. The number of hydrogen-bond acceptors (Lipinski definition) is 4. The molecule has 2 rings (SSSR count). The smallest absolute Gasteiger partial charge is 0.255 e. The van der Waals surface area contributed by atoms with Gasteiger partial charge in [0.2, 0.25) is 0 Å². The lowest BCUT2D eigenvalue weighted by molar-refractivity contribution is 0.102. The van der Waals surface area contributed by atoms with Crippen LogP contribution >= 0.6 is 23.5 Å². The Morgan fingerprint density at radius 1 is 1.32 bits per heavy atom. The maximum Gasteiger partial charge on any atom is 0.255 e. The topological polar surface area (TPSA) is 54.0 Å². The van der Waals surface area contributed by atoms with E-state index in [0.29, 0.717) is 22.3 Å². The van der Waals surface area contributed by atoms with Crippen molar-refractivity contribution in [1.82, 2.24) is 4.98 Å². The number of amides is 1. The second-order valence-electron chi connectivity index (χ2n) is 4.78. The Kier molecular flexibility index (Phi) is 5.63. The van der Waals surface area contributed by atoms with Gasteiger partial charge >= 0.3 is 0 Å². The Hall–Kier alpha value is -1.79. The fourth-order valence-corrected chi connectivity index (χ4v) is 2.23. The number of aromatic nitrogens is 1. The number of anilines is 2. The van der Waals surface area contributed by atoms with Crippen molar-refractivity contribution in [1.29, 1.82) is 0 Å². The van der Waals surface area contributed by atoms with Crippen molar-refractivity contribution < 1.29 is 9.18 Å². The van der Waals surface area contributed by atoms with Gasteiger partial charge in [0.05, 0.1) is 5.02 Å². The number of nitrogens with zero attached hydrogens (tertiary/aromatic N) is 1. The van der Waals surface area contributed by atoms with E-state index < -0.39 is 5.82 Å². The number of benzene rings is 1. The first-order valence-electron chi connectivity index (χ1n) is 6.60. The highest BCUT2D eigenvalue weighted by Gasteiger charge is 2.09. The molecule has 4 nitrogen and oxygen atoms in total. The minimum atomic E-state index is -0.527. The number of nitrogens with one attached hydrogen (secondary N) is 2. The molecule has 2 aromatic rings. The second-order valence-corrected chi connectivity index (χ2v) is 6.57. The number of carbonyl (C=O) groups excluding carboxylic acids is 1. The molecule has 0 fully saturated rings. The number of halogens is 2. The van der Waals surface area contributed by atoms with Crippen LogP contribution in [-0.4, -0.2) is 16.1 Å². The molecule has 0 saturated carbocycles. The number of hydrogen-bond donors (Lipinski definition) is 2. The summed E-state index contributed by atoms with van der Waals surface area (Å²) in [4.78, 5) is 16.3. The third kappa shape index (κ3) is 4.61. The summed E-state index contributed by atoms with van der Waals surface area (Å²) in [6.45, 7) is 4.10. The zero-order valence-electron chi connectivity index (χ0n) is 12.1. The SMILES string of the molecule is CC(C)SNc1cc(C(=O)Nc2ccc(F)c(Cl)c2)ccn1. The molecule has 0 radical (unpaired) electrons. The molecular formula is C15H15ClFN3OS. The molecule has 0 atom stereocenters. The Labute approximate surface area is 137 Å². The van der Waals surface area contributed by atoms with E-state index in [9.17, 15) is 9.18 Å². The van der Waals surface area contributed by atoms with Crippen LogP contribution in [0.4, 0.5) is 15.9 Å². The van der Waals surface area contributed by atoms with Crippen molar-refractivity contribution in [3.05, 3.63) is 52.9 Å². The standard InChI is InChI=1S/C15H15ClFN3OS/c1-9(2)22-20-14-7-10(5-6-18-14)15(21)19-11-3-4-13(17)12(16)8-11/h3-9H,1-2H3,(H,18,20)(H,19,21). The normalized spacial score (nSPS) is 10.6. The van der Waals surface area contributed by atoms with Gasteiger partial charge in [0.25, 0.3) is 5.91 Å². The molecule has 0 aliphatic rings. The summed E-state index contributed by atoms with van der Waals surface area (Å²) in [5, 5.41) is 3.02. The fraction of sp³-hybridized carbons (Fsp3) is 0.200.